The molecule has 20 heavy (non-hydrogen) atoms. The number of ether oxygens (including phenoxy) is 1. The molecule has 4 heteroatoms. The Morgan fingerprint density at radius 3 is 2.65 bits per heavy atom. The quantitative estimate of drug-likeness (QED) is 0.885. The van der Waals surface area contributed by atoms with Crippen molar-refractivity contribution in [1.29, 1.82) is 0 Å². The number of rotatable bonds is 5. The number of hydrogen-bond acceptors (Lipinski definition) is 4. The van der Waals surface area contributed by atoms with Crippen LogP contribution in [-0.4, -0.2) is 56.2 Å². The first-order valence-electron chi connectivity index (χ1n) is 7.51. The molecular formula is C16H27N3O. The molecule has 1 aliphatic heterocycles. The highest BCUT2D eigenvalue weighted by molar-refractivity contribution is 5.36. The van der Waals surface area contributed by atoms with Crippen molar-refractivity contribution in [2.24, 2.45) is 5.73 Å². The Bertz CT molecular complexity index is 422. The van der Waals surface area contributed by atoms with Crippen LogP contribution in [0.3, 0.4) is 0 Å². The first kappa shape index (κ1) is 15.3. The Balaban J connectivity index is 1.97. The van der Waals surface area contributed by atoms with Crippen molar-refractivity contribution < 1.29 is 4.74 Å². The average Bonchev–Trinajstić information content (AvgIpc) is 2.65. The Morgan fingerprint density at radius 2 is 1.90 bits per heavy atom. The van der Waals surface area contributed by atoms with E-state index in [1.54, 1.807) is 7.11 Å². The summed E-state index contributed by atoms with van der Waals surface area (Å²) in [5.41, 5.74) is 8.23. The van der Waals surface area contributed by atoms with Gasteiger partial charge < -0.3 is 15.4 Å². The topological polar surface area (TPSA) is 41.7 Å². The highest BCUT2D eigenvalue weighted by atomic mass is 16.5. The van der Waals surface area contributed by atoms with Crippen molar-refractivity contribution in [3.63, 3.8) is 0 Å². The molecule has 1 aliphatic rings. The van der Waals surface area contributed by atoms with Gasteiger partial charge in [-0.05, 0) is 32.5 Å². The lowest BCUT2D eigenvalue weighted by Gasteiger charge is -2.22. The minimum Gasteiger partial charge on any atom is -0.496 e. The Labute approximate surface area is 122 Å². The molecule has 0 aliphatic carbocycles. The molecule has 4 nitrogen and oxygen atoms in total. The summed E-state index contributed by atoms with van der Waals surface area (Å²) in [4.78, 5) is 4.99. The van der Waals surface area contributed by atoms with Gasteiger partial charge in [0.05, 0.1) is 7.11 Å². The van der Waals surface area contributed by atoms with Crippen molar-refractivity contribution in [3.8, 4) is 5.75 Å². The zero-order valence-corrected chi connectivity index (χ0v) is 12.8. The fraction of sp³-hybridized carbons (Fsp3) is 0.625. The number of hydrogen-bond donors (Lipinski definition) is 1. The van der Waals surface area contributed by atoms with Crippen LogP contribution in [0.25, 0.3) is 0 Å². The van der Waals surface area contributed by atoms with Crippen LogP contribution < -0.4 is 10.5 Å². The van der Waals surface area contributed by atoms with E-state index in [9.17, 15) is 0 Å². The molecule has 0 radical (unpaired) electrons. The molecule has 0 bridgehead atoms. The maximum Gasteiger partial charge on any atom is 0.123 e. The smallest absolute Gasteiger partial charge is 0.123 e. The van der Waals surface area contributed by atoms with E-state index >= 15 is 0 Å². The predicted molar refractivity (Wildman–Crippen MR) is 83.1 cm³/mol. The van der Waals surface area contributed by atoms with E-state index in [4.69, 9.17) is 10.5 Å². The molecule has 2 N–H and O–H groups in total. The van der Waals surface area contributed by atoms with Crippen LogP contribution in [0.2, 0.25) is 0 Å². The second kappa shape index (κ2) is 7.62. The van der Waals surface area contributed by atoms with Crippen LogP contribution in [0.4, 0.5) is 0 Å². The molecule has 1 aromatic rings. The summed E-state index contributed by atoms with van der Waals surface area (Å²) in [5, 5.41) is 0. The summed E-state index contributed by atoms with van der Waals surface area (Å²) in [6, 6.07) is 6.42. The van der Waals surface area contributed by atoms with Gasteiger partial charge in [-0.3, -0.25) is 4.90 Å². The van der Waals surface area contributed by atoms with Gasteiger partial charge >= 0.3 is 0 Å². The lowest BCUT2D eigenvalue weighted by Crippen LogP contribution is -2.33. The normalized spacial score (nSPS) is 17.9. The number of benzene rings is 1. The van der Waals surface area contributed by atoms with E-state index in [2.05, 4.69) is 34.9 Å². The van der Waals surface area contributed by atoms with Gasteiger partial charge in [-0.25, -0.2) is 0 Å². The SMILES string of the molecule is COc1ccc(C)cc1CN1CCCN(CCN)CC1. The Morgan fingerprint density at radius 1 is 1.15 bits per heavy atom. The van der Waals surface area contributed by atoms with E-state index in [0.29, 0.717) is 0 Å². The second-order valence-electron chi connectivity index (χ2n) is 5.58. The molecule has 112 valence electrons. The molecule has 2 rings (SSSR count). The molecule has 0 atom stereocenters. The minimum atomic E-state index is 0.756. The van der Waals surface area contributed by atoms with Gasteiger partial charge in [0.25, 0.3) is 0 Å². The van der Waals surface area contributed by atoms with Crippen LogP contribution in [-0.2, 0) is 6.54 Å². The first-order chi connectivity index (χ1) is 9.72. The number of nitrogens with zero attached hydrogens (tertiary/aromatic N) is 2. The van der Waals surface area contributed by atoms with Crippen LogP contribution in [0.5, 0.6) is 5.75 Å². The first-order valence-corrected chi connectivity index (χ1v) is 7.51. The molecule has 0 amide bonds. The predicted octanol–water partition coefficient (Wildman–Crippen LogP) is 1.47. The van der Waals surface area contributed by atoms with Gasteiger partial charge in [0.15, 0.2) is 0 Å². The third kappa shape index (κ3) is 4.20. The highest BCUT2D eigenvalue weighted by Gasteiger charge is 2.15. The molecular weight excluding hydrogens is 250 g/mol. The standard InChI is InChI=1S/C16H27N3O/c1-14-4-5-16(20-2)15(12-14)13-19-8-3-7-18(9-6-17)10-11-19/h4-5,12H,3,6-11,13,17H2,1-2H3. The molecule has 0 unspecified atom stereocenters. The van der Waals surface area contributed by atoms with Gasteiger partial charge in [-0.2, -0.15) is 0 Å². The zero-order chi connectivity index (χ0) is 14.4. The van der Waals surface area contributed by atoms with Gasteiger partial charge in [-0.1, -0.05) is 17.7 Å². The maximum absolute atomic E-state index is 5.65. The van der Waals surface area contributed by atoms with Crippen molar-refractivity contribution >= 4 is 0 Å². The van der Waals surface area contributed by atoms with Crippen LogP contribution in [0.15, 0.2) is 18.2 Å². The molecule has 1 saturated heterocycles. The lowest BCUT2D eigenvalue weighted by molar-refractivity contribution is 0.252. The molecule has 0 aromatic heterocycles. The monoisotopic (exact) mass is 277 g/mol. The van der Waals surface area contributed by atoms with E-state index in [1.807, 2.05) is 0 Å². The molecule has 1 heterocycles. The molecule has 1 fully saturated rings. The van der Waals surface area contributed by atoms with Gasteiger partial charge in [-0.15, -0.1) is 0 Å². The van der Waals surface area contributed by atoms with Gasteiger partial charge in [0.2, 0.25) is 0 Å². The average molecular weight is 277 g/mol. The van der Waals surface area contributed by atoms with E-state index in [1.165, 1.54) is 24.1 Å². The van der Waals surface area contributed by atoms with Crippen molar-refractivity contribution in [1.82, 2.24) is 9.80 Å². The fourth-order valence-corrected chi connectivity index (χ4v) is 2.86. The van der Waals surface area contributed by atoms with E-state index in [0.717, 1.165) is 45.0 Å². The molecule has 1 aromatic carbocycles. The maximum atomic E-state index is 5.65. The molecule has 0 saturated carbocycles. The van der Waals surface area contributed by atoms with Gasteiger partial charge in [0, 0.05) is 38.3 Å². The summed E-state index contributed by atoms with van der Waals surface area (Å²) >= 11 is 0. The number of methoxy groups -OCH3 is 1. The zero-order valence-electron chi connectivity index (χ0n) is 12.8. The van der Waals surface area contributed by atoms with Crippen molar-refractivity contribution in [2.75, 3.05) is 46.4 Å². The van der Waals surface area contributed by atoms with Crippen LogP contribution >= 0.6 is 0 Å². The third-order valence-electron chi connectivity index (χ3n) is 3.96. The Hall–Kier alpha value is -1.10. The summed E-state index contributed by atoms with van der Waals surface area (Å²) in [7, 11) is 1.75. The summed E-state index contributed by atoms with van der Waals surface area (Å²) in [6.45, 7) is 9.42. The largest absolute Gasteiger partial charge is 0.496 e. The second-order valence-corrected chi connectivity index (χ2v) is 5.58. The molecule has 0 spiro atoms. The van der Waals surface area contributed by atoms with Crippen molar-refractivity contribution in [3.05, 3.63) is 29.3 Å². The summed E-state index contributed by atoms with van der Waals surface area (Å²) < 4.78 is 5.48. The minimum absolute atomic E-state index is 0.756. The Kier molecular flexibility index (Phi) is 5.83. The highest BCUT2D eigenvalue weighted by Crippen LogP contribution is 2.21. The van der Waals surface area contributed by atoms with E-state index in [-0.39, 0.29) is 0 Å². The van der Waals surface area contributed by atoms with Crippen LogP contribution in [0.1, 0.15) is 17.5 Å². The third-order valence-corrected chi connectivity index (χ3v) is 3.96. The summed E-state index contributed by atoms with van der Waals surface area (Å²) in [5.74, 6) is 0.999. The van der Waals surface area contributed by atoms with Gasteiger partial charge in [0.1, 0.15) is 5.75 Å². The number of nitrogens with two attached hydrogens (primary N) is 1. The van der Waals surface area contributed by atoms with Crippen LogP contribution in [0, 0.1) is 6.92 Å². The lowest BCUT2D eigenvalue weighted by atomic mass is 10.1. The fourth-order valence-electron chi connectivity index (χ4n) is 2.86. The van der Waals surface area contributed by atoms with Crippen molar-refractivity contribution in [2.45, 2.75) is 19.9 Å². The number of aryl methyl sites for hydroxylation is 1. The van der Waals surface area contributed by atoms with E-state index < -0.39 is 0 Å². The summed E-state index contributed by atoms with van der Waals surface area (Å²) in [6.07, 6.45) is 1.22.